The molecule has 0 amide bonds. The topological polar surface area (TPSA) is 60.7 Å². The largest absolute Gasteiger partial charge is 0.506 e. The zero-order valence-corrected chi connectivity index (χ0v) is 21.5. The predicted molar refractivity (Wildman–Crippen MR) is 143 cm³/mol. The van der Waals surface area contributed by atoms with Crippen LogP contribution in [0.25, 0.3) is 0 Å². The molecule has 0 heterocycles. The lowest BCUT2D eigenvalue weighted by molar-refractivity contribution is 0.474. The first-order chi connectivity index (χ1) is 16.6. The fraction of sp³-hybridized carbons (Fsp3) is 0.172. The van der Waals surface area contributed by atoms with E-state index in [1.165, 1.54) is 0 Å². The van der Waals surface area contributed by atoms with Crippen molar-refractivity contribution in [3.8, 4) is 17.2 Å². The van der Waals surface area contributed by atoms with E-state index in [2.05, 4.69) is 38.1 Å². The van der Waals surface area contributed by atoms with Crippen molar-refractivity contribution >= 4 is 34.8 Å². The van der Waals surface area contributed by atoms with Crippen LogP contribution in [0.15, 0.2) is 78.9 Å². The van der Waals surface area contributed by atoms with Crippen molar-refractivity contribution in [3.63, 3.8) is 0 Å². The van der Waals surface area contributed by atoms with E-state index in [1.807, 2.05) is 18.2 Å². The van der Waals surface area contributed by atoms with Gasteiger partial charge >= 0.3 is 0 Å². The molecule has 3 nitrogen and oxygen atoms in total. The van der Waals surface area contributed by atoms with Gasteiger partial charge in [-0.25, -0.2) is 0 Å². The van der Waals surface area contributed by atoms with Crippen LogP contribution in [0.1, 0.15) is 47.6 Å². The van der Waals surface area contributed by atoms with Crippen molar-refractivity contribution < 1.29 is 15.3 Å². The van der Waals surface area contributed by atoms with E-state index in [9.17, 15) is 15.3 Å². The highest BCUT2D eigenvalue weighted by Crippen LogP contribution is 2.38. The van der Waals surface area contributed by atoms with E-state index < -0.39 is 0 Å². The summed E-state index contributed by atoms with van der Waals surface area (Å²) in [4.78, 5) is 0. The molecule has 0 bridgehead atoms. The Morgan fingerprint density at radius 2 is 1.09 bits per heavy atom. The van der Waals surface area contributed by atoms with Crippen LogP contribution >= 0.6 is 34.8 Å². The zero-order valence-electron chi connectivity index (χ0n) is 19.3. The predicted octanol–water partition coefficient (Wildman–Crippen LogP) is 8.46. The molecule has 35 heavy (non-hydrogen) atoms. The van der Waals surface area contributed by atoms with Gasteiger partial charge in [0.1, 0.15) is 17.2 Å². The monoisotopic (exact) mass is 526 g/mol. The highest BCUT2D eigenvalue weighted by Gasteiger charge is 2.25. The fourth-order valence-electron chi connectivity index (χ4n) is 4.28. The van der Waals surface area contributed by atoms with Crippen LogP contribution in [0.2, 0.25) is 15.1 Å². The third-order valence-electron chi connectivity index (χ3n) is 6.53. The minimum atomic E-state index is -0.336. The molecule has 0 aromatic heterocycles. The number of benzene rings is 4. The molecule has 0 spiro atoms. The Labute approximate surface area is 220 Å². The molecular formula is C29H25Cl3O3. The highest BCUT2D eigenvalue weighted by atomic mass is 35.5. The molecule has 0 aliphatic rings. The maximum absolute atomic E-state index is 9.92. The SMILES string of the molecule is CC(C)(c1ccc(C(Cc2ccc(O)c(Cl)c2)c2ccc(O)c(Cl)c2)cc1)c1ccc(O)c(Cl)c1. The van der Waals surface area contributed by atoms with E-state index in [0.717, 1.165) is 27.8 Å². The van der Waals surface area contributed by atoms with Gasteiger partial charge in [-0.05, 0) is 70.6 Å². The van der Waals surface area contributed by atoms with E-state index in [0.29, 0.717) is 21.5 Å². The second kappa shape index (κ2) is 10.0. The number of hydrogen-bond donors (Lipinski definition) is 3. The summed E-state index contributed by atoms with van der Waals surface area (Å²) in [6.45, 7) is 4.22. The Morgan fingerprint density at radius 1 is 0.600 bits per heavy atom. The van der Waals surface area contributed by atoms with Crippen molar-refractivity contribution in [1.82, 2.24) is 0 Å². The first-order valence-corrected chi connectivity index (χ1v) is 12.2. The Kier molecular flexibility index (Phi) is 7.23. The van der Waals surface area contributed by atoms with Crippen molar-refractivity contribution in [2.45, 2.75) is 31.6 Å². The number of halogens is 3. The van der Waals surface area contributed by atoms with Gasteiger partial charge in [0.2, 0.25) is 0 Å². The normalized spacial score (nSPS) is 12.5. The van der Waals surface area contributed by atoms with Gasteiger partial charge in [-0.3, -0.25) is 0 Å². The number of rotatable bonds is 6. The summed E-state index contributed by atoms with van der Waals surface area (Å²) in [7, 11) is 0. The van der Waals surface area contributed by atoms with Crippen molar-refractivity contribution in [2.75, 3.05) is 0 Å². The maximum atomic E-state index is 9.92. The standard InChI is InChI=1S/C29H25Cl3O3/c1-29(2,21-9-12-28(35)25(32)16-21)20-7-4-18(5-8-20)22(19-6-11-27(34)24(31)15-19)13-17-3-10-26(33)23(30)14-17/h3-12,14-16,22,33-35H,13H2,1-2H3. The Balaban J connectivity index is 1.72. The lowest BCUT2D eigenvalue weighted by Gasteiger charge is -2.27. The van der Waals surface area contributed by atoms with Gasteiger partial charge in [-0.15, -0.1) is 0 Å². The molecule has 0 aliphatic carbocycles. The molecule has 3 N–H and O–H groups in total. The fourth-order valence-corrected chi connectivity index (χ4v) is 4.85. The van der Waals surface area contributed by atoms with Gasteiger partial charge in [-0.2, -0.15) is 0 Å². The molecule has 6 heteroatoms. The van der Waals surface area contributed by atoms with E-state index in [-0.39, 0.29) is 28.6 Å². The van der Waals surface area contributed by atoms with Crippen LogP contribution < -0.4 is 0 Å². The third kappa shape index (κ3) is 5.38. The van der Waals surface area contributed by atoms with Crippen LogP contribution in [-0.4, -0.2) is 15.3 Å². The van der Waals surface area contributed by atoms with E-state index in [1.54, 1.807) is 36.4 Å². The third-order valence-corrected chi connectivity index (χ3v) is 7.44. The molecule has 0 saturated heterocycles. The summed E-state index contributed by atoms with van der Waals surface area (Å²) >= 11 is 18.6. The van der Waals surface area contributed by atoms with Crippen molar-refractivity contribution in [2.24, 2.45) is 0 Å². The summed E-state index contributed by atoms with van der Waals surface area (Å²) in [6, 6.07) is 24.1. The first-order valence-electron chi connectivity index (χ1n) is 11.1. The molecule has 1 unspecified atom stereocenters. The molecule has 0 aliphatic heterocycles. The van der Waals surface area contributed by atoms with Crippen LogP contribution in [0.5, 0.6) is 17.2 Å². The highest BCUT2D eigenvalue weighted by molar-refractivity contribution is 6.32. The lowest BCUT2D eigenvalue weighted by Crippen LogP contribution is -2.19. The number of phenols is 3. The van der Waals surface area contributed by atoms with E-state index >= 15 is 0 Å². The minimum absolute atomic E-state index is 0.0338. The average molecular weight is 528 g/mol. The lowest BCUT2D eigenvalue weighted by atomic mass is 9.77. The molecule has 4 aromatic rings. The molecule has 1 atom stereocenters. The Hall–Kier alpha value is -2.85. The summed E-state index contributed by atoms with van der Waals surface area (Å²) in [6.07, 6.45) is 0.622. The first kappa shape index (κ1) is 25.2. The smallest absolute Gasteiger partial charge is 0.134 e. The van der Waals surface area contributed by atoms with Gasteiger partial charge in [0.25, 0.3) is 0 Å². The number of hydrogen-bond acceptors (Lipinski definition) is 3. The summed E-state index contributed by atoms with van der Waals surface area (Å²) in [5.74, 6) is 0.0763. The van der Waals surface area contributed by atoms with Gasteiger partial charge in [0.15, 0.2) is 0 Å². The second-order valence-corrected chi connectivity index (χ2v) is 10.4. The number of phenolic OH excluding ortho intramolecular Hbond substituents is 3. The quantitative estimate of drug-likeness (QED) is 0.236. The second-order valence-electron chi connectivity index (χ2n) is 9.17. The Bertz CT molecular complexity index is 1360. The summed E-state index contributed by atoms with van der Waals surface area (Å²) in [5, 5.41) is 30.4. The van der Waals surface area contributed by atoms with Crippen LogP contribution in [0.4, 0.5) is 0 Å². The maximum Gasteiger partial charge on any atom is 0.134 e. The molecular weight excluding hydrogens is 503 g/mol. The van der Waals surface area contributed by atoms with Gasteiger partial charge < -0.3 is 15.3 Å². The molecule has 0 radical (unpaired) electrons. The molecule has 4 aromatic carbocycles. The average Bonchev–Trinajstić information content (AvgIpc) is 2.83. The van der Waals surface area contributed by atoms with Crippen LogP contribution in [0.3, 0.4) is 0 Å². The zero-order chi connectivity index (χ0) is 25.3. The van der Waals surface area contributed by atoms with Gasteiger partial charge in [0.05, 0.1) is 15.1 Å². The summed E-state index contributed by atoms with van der Waals surface area (Å²) < 4.78 is 0. The summed E-state index contributed by atoms with van der Waals surface area (Å²) in [5.41, 5.74) is 4.74. The van der Waals surface area contributed by atoms with Gasteiger partial charge in [0, 0.05) is 11.3 Å². The Morgan fingerprint density at radius 3 is 1.66 bits per heavy atom. The van der Waals surface area contributed by atoms with Crippen LogP contribution in [-0.2, 0) is 11.8 Å². The van der Waals surface area contributed by atoms with Gasteiger partial charge in [-0.1, -0.05) is 91.1 Å². The van der Waals surface area contributed by atoms with Crippen molar-refractivity contribution in [3.05, 3.63) is 122 Å². The van der Waals surface area contributed by atoms with Crippen molar-refractivity contribution in [1.29, 1.82) is 0 Å². The van der Waals surface area contributed by atoms with E-state index in [4.69, 9.17) is 34.8 Å². The molecule has 180 valence electrons. The molecule has 0 fully saturated rings. The molecule has 4 rings (SSSR count). The minimum Gasteiger partial charge on any atom is -0.506 e. The van der Waals surface area contributed by atoms with Crippen LogP contribution in [0, 0.1) is 0 Å². The number of aromatic hydroxyl groups is 3. The molecule has 0 saturated carbocycles.